The number of benzene rings is 6. The van der Waals surface area contributed by atoms with E-state index in [9.17, 15) is 30.6 Å². The van der Waals surface area contributed by atoms with Crippen LogP contribution >= 0.6 is 11.8 Å². The minimum atomic E-state index is -0.312. The van der Waals surface area contributed by atoms with Gasteiger partial charge in [-0.25, -0.2) is 0 Å². The van der Waals surface area contributed by atoms with Gasteiger partial charge in [0.15, 0.2) is 0 Å². The topological polar surface area (TPSA) is 121 Å². The molecule has 12 bridgehead atoms. The van der Waals surface area contributed by atoms with Gasteiger partial charge in [-0.05, 0) is 134 Å². The van der Waals surface area contributed by atoms with Gasteiger partial charge in [-0.15, -0.1) is 0 Å². The molecular formula is C65H82O6S. The highest BCUT2D eigenvalue weighted by molar-refractivity contribution is 7.99. The predicted octanol–water partition coefficient (Wildman–Crippen LogP) is 16.1. The second-order valence-corrected chi connectivity index (χ2v) is 28.1. The molecule has 6 N–H and O–H groups in total. The minimum Gasteiger partial charge on any atom is -0.507 e. The maximum Gasteiger partial charge on any atom is 0.133 e. The second-order valence-electron chi connectivity index (χ2n) is 27.0. The van der Waals surface area contributed by atoms with Crippen molar-refractivity contribution in [1.29, 1.82) is 0 Å². The van der Waals surface area contributed by atoms with Crippen molar-refractivity contribution in [2.45, 2.75) is 199 Å². The summed E-state index contributed by atoms with van der Waals surface area (Å²) in [5, 5.41) is 74.8. The molecule has 7 heteroatoms. The molecular weight excluding hydrogens is 909 g/mol. The van der Waals surface area contributed by atoms with E-state index >= 15 is 0 Å². The lowest BCUT2D eigenvalue weighted by molar-refractivity contribution is 0.448. The summed E-state index contributed by atoms with van der Waals surface area (Å²) in [5.74, 6) is 0.591. The van der Waals surface area contributed by atoms with E-state index in [0.717, 1.165) is 33.4 Å². The molecule has 0 aliphatic carbocycles. The summed E-state index contributed by atoms with van der Waals surface area (Å²) in [5.41, 5.74) is 10.8. The minimum absolute atomic E-state index is 0.0769. The third-order valence-corrected chi connectivity index (χ3v) is 15.8. The molecule has 0 aromatic heterocycles. The van der Waals surface area contributed by atoms with Crippen molar-refractivity contribution in [1.82, 2.24) is 0 Å². The van der Waals surface area contributed by atoms with Crippen molar-refractivity contribution in [3.8, 4) is 34.5 Å². The van der Waals surface area contributed by atoms with Gasteiger partial charge in [0.25, 0.3) is 0 Å². The Balaban J connectivity index is 1.58. The first-order valence-electron chi connectivity index (χ1n) is 25.7. The lowest BCUT2D eigenvalue weighted by Gasteiger charge is -2.26. The normalized spacial score (nSPS) is 14.2. The molecule has 0 fully saturated rings. The van der Waals surface area contributed by atoms with E-state index in [4.69, 9.17) is 0 Å². The Hall–Kier alpha value is -5.53. The fourth-order valence-corrected chi connectivity index (χ4v) is 10.7. The lowest BCUT2D eigenvalue weighted by Crippen LogP contribution is -2.15. The monoisotopic (exact) mass is 991 g/mol. The number of phenols is 6. The van der Waals surface area contributed by atoms with Gasteiger partial charge in [-0.3, -0.25) is 0 Å². The second kappa shape index (κ2) is 18.7. The molecule has 7 rings (SSSR count). The first-order valence-corrected chi connectivity index (χ1v) is 26.5. The molecule has 6 aromatic carbocycles. The van der Waals surface area contributed by atoms with Crippen molar-refractivity contribution < 1.29 is 30.6 Å². The summed E-state index contributed by atoms with van der Waals surface area (Å²) < 4.78 is 0. The highest BCUT2D eigenvalue weighted by Crippen LogP contribution is 2.48. The van der Waals surface area contributed by atoms with Gasteiger partial charge in [-0.1, -0.05) is 197 Å². The lowest BCUT2D eigenvalue weighted by atomic mass is 9.80. The zero-order chi connectivity index (χ0) is 53.6. The van der Waals surface area contributed by atoms with Gasteiger partial charge in [0.2, 0.25) is 0 Å². The van der Waals surface area contributed by atoms with Gasteiger partial charge >= 0.3 is 0 Å². The van der Waals surface area contributed by atoms with Crippen LogP contribution < -0.4 is 0 Å². The van der Waals surface area contributed by atoms with Gasteiger partial charge in [-0.2, -0.15) is 0 Å². The Labute approximate surface area is 435 Å². The average molecular weight is 991 g/mol. The van der Waals surface area contributed by atoms with E-state index in [1.54, 1.807) is 0 Å². The smallest absolute Gasteiger partial charge is 0.133 e. The quantitative estimate of drug-likeness (QED) is 0.0895. The standard InChI is InChI=1S/C65H82O6S/c1-60(2,3)46-24-36-19-37-25-47(61(4,5)6)27-39(55(37)67)21-41-29-49(63(10,11)12)31-43(57(41)69)23-45-33-51(65(16,17)18)35-53(59(45)71)72-52-34-50(64(13,14)15)32-44(58(52)70)22-42-30-48(62(7,8)9)28-40(56(42)68)20-38(26-46)54(36)66/h24-35,66-71H,19-23H2,1-18H3. The Kier molecular flexibility index (Phi) is 14.1. The van der Waals surface area contributed by atoms with Crippen LogP contribution in [0.4, 0.5) is 0 Å². The summed E-state index contributed by atoms with van der Waals surface area (Å²) in [4.78, 5) is 1.16. The molecule has 0 unspecified atom stereocenters. The van der Waals surface area contributed by atoms with Gasteiger partial charge in [0.05, 0.1) is 9.79 Å². The van der Waals surface area contributed by atoms with Gasteiger partial charge in [0.1, 0.15) is 34.5 Å². The van der Waals surface area contributed by atoms with E-state index in [1.165, 1.54) is 11.8 Å². The third-order valence-electron chi connectivity index (χ3n) is 14.7. The molecule has 0 radical (unpaired) electrons. The van der Waals surface area contributed by atoms with E-state index in [2.05, 4.69) is 125 Å². The summed E-state index contributed by atoms with van der Waals surface area (Å²) >= 11 is 1.32. The van der Waals surface area contributed by atoms with Crippen molar-refractivity contribution in [2.75, 3.05) is 0 Å². The maximum atomic E-state index is 12.5. The molecule has 0 saturated heterocycles. The van der Waals surface area contributed by atoms with Gasteiger partial charge < -0.3 is 30.6 Å². The number of hydrogen-bond donors (Lipinski definition) is 6. The van der Waals surface area contributed by atoms with Crippen LogP contribution in [0.15, 0.2) is 82.6 Å². The van der Waals surface area contributed by atoms with Crippen LogP contribution in [0.1, 0.15) is 214 Å². The molecule has 0 amide bonds. The zero-order valence-corrected chi connectivity index (χ0v) is 47.4. The molecule has 1 heterocycles. The molecule has 1 aliphatic heterocycles. The van der Waals surface area contributed by atoms with E-state index in [1.807, 2.05) is 72.8 Å². The predicted molar refractivity (Wildman–Crippen MR) is 299 cm³/mol. The highest BCUT2D eigenvalue weighted by Gasteiger charge is 2.29. The number of rotatable bonds is 0. The number of hydrogen-bond acceptors (Lipinski definition) is 7. The summed E-state index contributed by atoms with van der Waals surface area (Å²) in [6.45, 7) is 38.6. The van der Waals surface area contributed by atoms with E-state index in [0.29, 0.717) is 65.4 Å². The van der Waals surface area contributed by atoms with Crippen LogP contribution in [0.5, 0.6) is 34.5 Å². The van der Waals surface area contributed by atoms with Crippen LogP contribution in [0.25, 0.3) is 0 Å². The van der Waals surface area contributed by atoms with E-state index < -0.39 is 0 Å². The zero-order valence-electron chi connectivity index (χ0n) is 46.6. The Morgan fingerprint density at radius 3 is 0.528 bits per heavy atom. The average Bonchev–Trinajstić information content (AvgIpc) is 3.23. The van der Waals surface area contributed by atoms with Crippen molar-refractivity contribution in [2.24, 2.45) is 0 Å². The van der Waals surface area contributed by atoms with Gasteiger partial charge in [0, 0.05) is 32.1 Å². The molecule has 6 aromatic rings. The molecule has 6 nitrogen and oxygen atoms in total. The third kappa shape index (κ3) is 11.5. The van der Waals surface area contributed by atoms with Crippen molar-refractivity contribution in [3.05, 3.63) is 162 Å². The first-order chi connectivity index (χ1) is 32.9. The largest absolute Gasteiger partial charge is 0.507 e. The first kappa shape index (κ1) is 54.2. The molecule has 1 aliphatic rings. The molecule has 0 saturated carbocycles. The van der Waals surface area contributed by atoms with Crippen molar-refractivity contribution >= 4 is 11.8 Å². The fraction of sp³-hybridized carbons (Fsp3) is 0.446. The van der Waals surface area contributed by atoms with Crippen LogP contribution in [-0.4, -0.2) is 30.6 Å². The SMILES string of the molecule is CC(C)(C)c1cc2c(O)c(c1)Cc1cc(C(C)(C)C)cc(c1O)Cc1cc(C(C)(C)C)cc(c1O)Sc1cc(C(C)(C)C)cc(c1O)Cc1cc(C(C)(C)C)cc(c1O)Cc1cc(C(C)(C)C)cc(c1O)C2. The fourth-order valence-electron chi connectivity index (χ4n) is 9.62. The van der Waals surface area contributed by atoms with Crippen LogP contribution in [0.3, 0.4) is 0 Å². The number of phenolic OH excluding ortho intramolecular Hbond substituents is 6. The maximum absolute atomic E-state index is 12.5. The molecule has 0 spiro atoms. The van der Waals surface area contributed by atoms with E-state index in [-0.39, 0.29) is 99.1 Å². The Bertz CT molecular complexity index is 2400. The molecule has 384 valence electrons. The Morgan fingerprint density at radius 2 is 0.375 bits per heavy atom. The molecule has 0 atom stereocenters. The van der Waals surface area contributed by atoms with Crippen molar-refractivity contribution in [3.63, 3.8) is 0 Å². The number of aromatic hydroxyl groups is 6. The number of fused-ring (bicyclic) bond motifs is 12. The molecule has 72 heavy (non-hydrogen) atoms. The Morgan fingerprint density at radius 1 is 0.236 bits per heavy atom. The summed E-state index contributed by atoms with van der Waals surface area (Å²) in [6.07, 6.45) is 1.15. The van der Waals surface area contributed by atoms with Crippen LogP contribution in [0, 0.1) is 0 Å². The van der Waals surface area contributed by atoms with Crippen LogP contribution in [0.2, 0.25) is 0 Å². The summed E-state index contributed by atoms with van der Waals surface area (Å²) in [7, 11) is 0. The highest BCUT2D eigenvalue weighted by atomic mass is 32.2. The van der Waals surface area contributed by atoms with Crippen LogP contribution in [-0.2, 0) is 64.6 Å². The summed E-state index contributed by atoms with van der Waals surface area (Å²) in [6, 6.07) is 24.4.